The number of amides is 2. The van der Waals surface area contributed by atoms with Crippen LogP contribution in [0.2, 0.25) is 0 Å². The van der Waals surface area contributed by atoms with Crippen molar-refractivity contribution in [1.29, 1.82) is 0 Å². The second-order valence-electron chi connectivity index (χ2n) is 6.05. The van der Waals surface area contributed by atoms with E-state index in [1.54, 1.807) is 17.2 Å². The fraction of sp³-hybridized carbons (Fsp3) is 0.500. The van der Waals surface area contributed by atoms with E-state index >= 15 is 0 Å². The lowest BCUT2D eigenvalue weighted by atomic mass is 10.2. The summed E-state index contributed by atoms with van der Waals surface area (Å²) in [6.45, 7) is 7.15. The third-order valence-corrected chi connectivity index (χ3v) is 3.73. The molecule has 8 heteroatoms. The highest BCUT2D eigenvalue weighted by atomic mass is 16.5. The van der Waals surface area contributed by atoms with E-state index in [-0.39, 0.29) is 11.9 Å². The summed E-state index contributed by atoms with van der Waals surface area (Å²) in [6.07, 6.45) is 1.27. The number of pyridine rings is 1. The van der Waals surface area contributed by atoms with Gasteiger partial charge in [-0.25, -0.2) is 4.79 Å². The average Bonchev–Trinajstić information content (AvgIpc) is 3.05. The van der Waals surface area contributed by atoms with E-state index in [1.807, 2.05) is 26.8 Å². The average molecular weight is 331 g/mol. The number of carbonyl (C=O) groups is 1. The summed E-state index contributed by atoms with van der Waals surface area (Å²) in [6, 6.07) is 3.40. The lowest BCUT2D eigenvalue weighted by molar-refractivity contribution is -0.0276. The summed E-state index contributed by atoms with van der Waals surface area (Å²) in [5, 5.41) is 10.9. The Morgan fingerprint density at radius 2 is 2.25 bits per heavy atom. The molecule has 1 unspecified atom stereocenters. The first kappa shape index (κ1) is 16.4. The van der Waals surface area contributed by atoms with Gasteiger partial charge in [0.15, 0.2) is 6.10 Å². The first-order valence-corrected chi connectivity index (χ1v) is 7.96. The predicted octanol–water partition coefficient (Wildman–Crippen LogP) is 2.50. The van der Waals surface area contributed by atoms with E-state index in [1.165, 1.54) is 0 Å². The van der Waals surface area contributed by atoms with Crippen molar-refractivity contribution in [2.45, 2.75) is 32.8 Å². The molecule has 1 atom stereocenters. The summed E-state index contributed by atoms with van der Waals surface area (Å²) in [4.78, 5) is 18.2. The Hall–Kier alpha value is -2.48. The molecule has 24 heavy (non-hydrogen) atoms. The monoisotopic (exact) mass is 331 g/mol. The summed E-state index contributed by atoms with van der Waals surface area (Å²) in [5.74, 6) is 1.14. The SMILES string of the molecule is Cc1cc(NC(=O)N2CCOC(c3nnc(C(C)C)o3)C2)ccn1. The number of nitrogens with zero attached hydrogens (tertiary/aromatic N) is 4. The van der Waals surface area contributed by atoms with E-state index < -0.39 is 6.10 Å². The Kier molecular flexibility index (Phi) is 4.75. The van der Waals surface area contributed by atoms with Gasteiger partial charge in [0.05, 0.1) is 13.2 Å². The van der Waals surface area contributed by atoms with Crippen LogP contribution in [0.3, 0.4) is 0 Å². The Balaban J connectivity index is 1.65. The number of morpholine rings is 1. The van der Waals surface area contributed by atoms with Crippen LogP contribution in [0.1, 0.15) is 43.3 Å². The van der Waals surface area contributed by atoms with Gasteiger partial charge in [-0.05, 0) is 19.1 Å². The van der Waals surface area contributed by atoms with Crippen molar-refractivity contribution in [2.24, 2.45) is 0 Å². The lowest BCUT2D eigenvalue weighted by Crippen LogP contribution is -2.44. The van der Waals surface area contributed by atoms with Crippen LogP contribution in [0.25, 0.3) is 0 Å². The number of nitrogens with one attached hydrogen (secondary N) is 1. The highest BCUT2D eigenvalue weighted by Crippen LogP contribution is 2.23. The van der Waals surface area contributed by atoms with Gasteiger partial charge in [-0.2, -0.15) is 0 Å². The quantitative estimate of drug-likeness (QED) is 0.929. The molecular weight excluding hydrogens is 310 g/mol. The largest absolute Gasteiger partial charge is 0.422 e. The van der Waals surface area contributed by atoms with Gasteiger partial charge >= 0.3 is 6.03 Å². The molecule has 1 aliphatic rings. The summed E-state index contributed by atoms with van der Waals surface area (Å²) >= 11 is 0. The van der Waals surface area contributed by atoms with Crippen LogP contribution in [0.15, 0.2) is 22.7 Å². The van der Waals surface area contributed by atoms with Crippen LogP contribution in [0, 0.1) is 6.92 Å². The van der Waals surface area contributed by atoms with Gasteiger partial charge in [0.25, 0.3) is 0 Å². The number of aryl methyl sites for hydroxylation is 1. The third kappa shape index (κ3) is 3.70. The van der Waals surface area contributed by atoms with E-state index in [9.17, 15) is 4.79 Å². The van der Waals surface area contributed by atoms with Crippen LogP contribution in [-0.2, 0) is 4.74 Å². The molecule has 0 bridgehead atoms. The standard InChI is InChI=1S/C16H21N5O3/c1-10(2)14-19-20-15(24-14)13-9-21(6-7-23-13)16(22)18-12-4-5-17-11(3)8-12/h4-5,8,10,13H,6-7,9H2,1-3H3,(H,17,18,22). The first-order valence-electron chi connectivity index (χ1n) is 7.96. The molecule has 0 aliphatic carbocycles. The maximum atomic E-state index is 12.4. The highest BCUT2D eigenvalue weighted by molar-refractivity contribution is 5.89. The summed E-state index contributed by atoms with van der Waals surface area (Å²) < 4.78 is 11.3. The van der Waals surface area contributed by atoms with E-state index in [2.05, 4.69) is 20.5 Å². The minimum Gasteiger partial charge on any atom is -0.422 e. The molecule has 0 aromatic carbocycles. The zero-order chi connectivity index (χ0) is 17.1. The Morgan fingerprint density at radius 3 is 2.96 bits per heavy atom. The number of carbonyl (C=O) groups excluding carboxylic acids is 1. The smallest absolute Gasteiger partial charge is 0.322 e. The van der Waals surface area contributed by atoms with Gasteiger partial charge in [-0.15, -0.1) is 10.2 Å². The molecule has 2 amide bonds. The molecule has 3 heterocycles. The van der Waals surface area contributed by atoms with Crippen LogP contribution in [0.4, 0.5) is 10.5 Å². The minimum atomic E-state index is -0.399. The fourth-order valence-corrected chi connectivity index (χ4v) is 2.42. The van der Waals surface area contributed by atoms with Crippen molar-refractivity contribution in [3.63, 3.8) is 0 Å². The van der Waals surface area contributed by atoms with Crippen LogP contribution >= 0.6 is 0 Å². The van der Waals surface area contributed by atoms with Crippen molar-refractivity contribution in [3.8, 4) is 0 Å². The highest BCUT2D eigenvalue weighted by Gasteiger charge is 2.29. The number of aromatic nitrogens is 3. The van der Waals surface area contributed by atoms with Gasteiger partial charge in [0, 0.05) is 30.0 Å². The van der Waals surface area contributed by atoms with Gasteiger partial charge in [0.1, 0.15) is 0 Å². The van der Waals surface area contributed by atoms with Crippen molar-refractivity contribution < 1.29 is 13.9 Å². The Morgan fingerprint density at radius 1 is 1.42 bits per heavy atom. The molecule has 3 rings (SSSR count). The van der Waals surface area contributed by atoms with Crippen molar-refractivity contribution in [2.75, 3.05) is 25.0 Å². The van der Waals surface area contributed by atoms with Crippen LogP contribution in [0.5, 0.6) is 0 Å². The molecule has 8 nitrogen and oxygen atoms in total. The minimum absolute atomic E-state index is 0.157. The maximum Gasteiger partial charge on any atom is 0.322 e. The molecular formula is C16H21N5O3. The molecule has 1 saturated heterocycles. The number of rotatable bonds is 3. The molecule has 0 saturated carbocycles. The molecule has 128 valence electrons. The van der Waals surface area contributed by atoms with Crippen molar-refractivity contribution >= 4 is 11.7 Å². The predicted molar refractivity (Wildman–Crippen MR) is 86.6 cm³/mol. The molecule has 1 aliphatic heterocycles. The number of anilines is 1. The van der Waals surface area contributed by atoms with Gasteiger partial charge in [-0.1, -0.05) is 13.8 Å². The normalized spacial score (nSPS) is 18.0. The fourth-order valence-electron chi connectivity index (χ4n) is 2.42. The number of hydrogen-bond acceptors (Lipinski definition) is 6. The first-order chi connectivity index (χ1) is 11.5. The maximum absolute atomic E-state index is 12.4. The van der Waals surface area contributed by atoms with E-state index in [0.717, 1.165) is 11.4 Å². The molecule has 0 spiro atoms. The van der Waals surface area contributed by atoms with Crippen molar-refractivity contribution in [1.82, 2.24) is 20.1 Å². The third-order valence-electron chi connectivity index (χ3n) is 3.73. The summed E-state index contributed by atoms with van der Waals surface area (Å²) in [7, 11) is 0. The molecule has 1 N–H and O–H groups in total. The second kappa shape index (κ2) is 6.96. The Bertz CT molecular complexity index is 715. The lowest BCUT2D eigenvalue weighted by Gasteiger charge is -2.31. The van der Waals surface area contributed by atoms with Gasteiger partial charge in [-0.3, -0.25) is 4.98 Å². The second-order valence-corrected chi connectivity index (χ2v) is 6.05. The van der Waals surface area contributed by atoms with Crippen LogP contribution < -0.4 is 5.32 Å². The van der Waals surface area contributed by atoms with E-state index in [4.69, 9.17) is 9.15 Å². The summed E-state index contributed by atoms with van der Waals surface area (Å²) in [5.41, 5.74) is 1.56. The molecule has 0 radical (unpaired) electrons. The zero-order valence-corrected chi connectivity index (χ0v) is 14.0. The zero-order valence-electron chi connectivity index (χ0n) is 14.0. The molecule has 1 fully saturated rings. The molecule has 2 aromatic rings. The van der Waals surface area contributed by atoms with E-state index in [0.29, 0.717) is 31.5 Å². The number of ether oxygens (including phenoxy) is 1. The van der Waals surface area contributed by atoms with Crippen molar-refractivity contribution in [3.05, 3.63) is 35.8 Å². The topological polar surface area (TPSA) is 93.4 Å². The van der Waals surface area contributed by atoms with Crippen LogP contribution in [-0.4, -0.2) is 45.8 Å². The van der Waals surface area contributed by atoms with Gasteiger partial charge in [0.2, 0.25) is 11.8 Å². The Labute approximate surface area is 140 Å². The molecule has 2 aromatic heterocycles. The number of urea groups is 1. The van der Waals surface area contributed by atoms with Gasteiger partial charge < -0.3 is 19.4 Å². The number of hydrogen-bond donors (Lipinski definition) is 1.